The summed E-state index contributed by atoms with van der Waals surface area (Å²) in [7, 11) is -3.12. The van der Waals surface area contributed by atoms with Crippen LogP contribution in [-0.4, -0.2) is 59.8 Å². The minimum atomic E-state index is -3.12. The molecule has 8 rings (SSSR count). The van der Waals surface area contributed by atoms with Crippen molar-refractivity contribution in [3.63, 3.8) is 0 Å². The number of imide groups is 1. The number of carbonyl (C=O) groups is 2. The fraction of sp³-hybridized carbons (Fsp3) is 0.241. The normalized spacial score (nSPS) is 18.5. The maximum atomic E-state index is 14.7. The number of carbonyl (C=O) groups excluding carboxylic acids is 2. The van der Waals surface area contributed by atoms with E-state index >= 15 is 0 Å². The quantitative estimate of drug-likeness (QED) is 0.0456. The number of rotatable bonds is 15. The Balaban J connectivity index is 1.18. The fourth-order valence-electron chi connectivity index (χ4n) is 9.78. The Morgan fingerprint density at radius 1 is 0.846 bits per heavy atom. The van der Waals surface area contributed by atoms with Crippen molar-refractivity contribution in [1.29, 1.82) is 0 Å². The number of aliphatic hydroxyl groups excluding tert-OH is 2. The van der Waals surface area contributed by atoms with E-state index in [-0.39, 0.29) is 36.1 Å². The van der Waals surface area contributed by atoms with Crippen LogP contribution in [0, 0.1) is 17.8 Å². The van der Waals surface area contributed by atoms with Crippen LogP contribution in [0.1, 0.15) is 51.3 Å². The SMILES string of the molecule is CC(C)(C)[Si](OCC1=C([C@H](O)CC/C(=C/c2ccc(O)cc2Cl)c2ccccn2)[C@H](CO)[C@@H]2C(=O)N(c3ccc(Nc4ccccc4)cc3)C(=O)[C@@H]2C1)(c1ccccc1)c1ccccc1. The maximum absolute atomic E-state index is 14.7. The molecule has 11 heteroatoms. The van der Waals surface area contributed by atoms with Crippen LogP contribution in [0.2, 0.25) is 10.1 Å². The molecule has 65 heavy (non-hydrogen) atoms. The molecule has 6 aromatic rings. The Bertz CT molecular complexity index is 2640. The first-order valence-corrected chi connectivity index (χ1v) is 24.3. The lowest BCUT2D eigenvalue weighted by Gasteiger charge is -2.44. The van der Waals surface area contributed by atoms with Crippen LogP contribution < -0.4 is 20.6 Å². The smallest absolute Gasteiger partial charge is 0.261 e. The molecule has 1 aliphatic carbocycles. The molecule has 0 radical (unpaired) electrons. The van der Waals surface area contributed by atoms with Crippen LogP contribution in [-0.2, 0) is 14.0 Å². The minimum Gasteiger partial charge on any atom is -0.508 e. The maximum Gasteiger partial charge on any atom is 0.261 e. The molecule has 2 heterocycles. The molecule has 1 fully saturated rings. The van der Waals surface area contributed by atoms with Crippen molar-refractivity contribution in [1.82, 2.24) is 4.98 Å². The van der Waals surface area contributed by atoms with E-state index in [1.807, 2.05) is 103 Å². The van der Waals surface area contributed by atoms with Crippen LogP contribution in [0.4, 0.5) is 17.1 Å². The monoisotopic (exact) mass is 903 g/mol. The number of aromatic nitrogens is 1. The summed E-state index contributed by atoms with van der Waals surface area (Å²) in [6.45, 7) is 6.20. The van der Waals surface area contributed by atoms with Gasteiger partial charge >= 0.3 is 0 Å². The standard InChI is InChI=1S/C54H54ClN3O6Si/c1-54(2,3)65(43-17-9-5-10-18-43,44-19-11-6-12-20-44)64-35-38-32-45-51(53(63)58(52(45)62)41-26-24-40(25-27-41)57-39-15-7-4-8-16-39)46(34-59)50(38)49(61)29-23-37(48-21-13-14-30-56-48)31-36-22-28-42(60)33-47(36)55/h4-22,24-28,30-31,33,45-46,49,51,57,59-61H,23,29,32,34-35H2,1-3H3/b37-31-/t45-,46+,49-,51-/m1/s1. The summed E-state index contributed by atoms with van der Waals surface area (Å²) in [4.78, 5) is 35.2. The third-order valence-corrected chi connectivity index (χ3v) is 18.1. The Kier molecular flexibility index (Phi) is 13.6. The van der Waals surface area contributed by atoms with E-state index in [1.165, 1.54) is 11.0 Å². The van der Waals surface area contributed by atoms with Crippen LogP contribution >= 0.6 is 11.6 Å². The number of allylic oxidation sites excluding steroid dienone is 1. The van der Waals surface area contributed by atoms with E-state index in [1.54, 1.807) is 30.5 Å². The summed E-state index contributed by atoms with van der Waals surface area (Å²) in [5.74, 6) is -3.26. The molecule has 2 amide bonds. The van der Waals surface area contributed by atoms with Crippen molar-refractivity contribution in [3.05, 3.63) is 185 Å². The molecule has 5 aromatic carbocycles. The van der Waals surface area contributed by atoms with Gasteiger partial charge in [-0.2, -0.15) is 0 Å². The fourth-order valence-corrected chi connectivity index (χ4v) is 14.6. The third kappa shape index (κ3) is 9.36. The Hall–Kier alpha value is -6.14. The third-order valence-electron chi connectivity index (χ3n) is 12.8. The lowest BCUT2D eigenvalue weighted by molar-refractivity contribution is -0.123. The largest absolute Gasteiger partial charge is 0.508 e. The zero-order valence-corrected chi connectivity index (χ0v) is 38.5. The van der Waals surface area contributed by atoms with Gasteiger partial charge in [0.25, 0.3) is 8.32 Å². The van der Waals surface area contributed by atoms with Crippen molar-refractivity contribution in [2.75, 3.05) is 23.4 Å². The molecule has 4 atom stereocenters. The van der Waals surface area contributed by atoms with Crippen molar-refractivity contribution >= 4 is 70.8 Å². The molecule has 332 valence electrons. The zero-order valence-electron chi connectivity index (χ0n) is 36.8. The number of anilines is 3. The van der Waals surface area contributed by atoms with E-state index < -0.39 is 44.7 Å². The molecule has 0 spiro atoms. The first kappa shape index (κ1) is 45.4. The van der Waals surface area contributed by atoms with Crippen LogP contribution in [0.3, 0.4) is 0 Å². The van der Waals surface area contributed by atoms with Crippen molar-refractivity contribution in [3.8, 4) is 5.75 Å². The van der Waals surface area contributed by atoms with Crippen molar-refractivity contribution in [2.45, 2.75) is 51.2 Å². The number of hydrogen-bond donors (Lipinski definition) is 4. The molecule has 9 nitrogen and oxygen atoms in total. The predicted octanol–water partition coefficient (Wildman–Crippen LogP) is 9.56. The summed E-state index contributed by atoms with van der Waals surface area (Å²) in [5.41, 5.74) is 5.53. The van der Waals surface area contributed by atoms with Gasteiger partial charge in [-0.25, -0.2) is 0 Å². The summed E-state index contributed by atoms with van der Waals surface area (Å²) in [6.07, 6.45) is 3.19. The number of nitrogens with one attached hydrogen (secondary N) is 1. The van der Waals surface area contributed by atoms with Crippen LogP contribution in [0.5, 0.6) is 5.75 Å². The van der Waals surface area contributed by atoms with Crippen molar-refractivity contribution < 1.29 is 29.3 Å². The van der Waals surface area contributed by atoms with Gasteiger partial charge in [0.05, 0.1) is 47.6 Å². The number of halogens is 1. The second-order valence-corrected chi connectivity index (χ2v) is 22.5. The first-order valence-electron chi connectivity index (χ1n) is 22.1. The van der Waals surface area contributed by atoms with Gasteiger partial charge in [0, 0.05) is 23.5 Å². The molecule has 0 saturated carbocycles. The van der Waals surface area contributed by atoms with Crippen LogP contribution in [0.15, 0.2) is 169 Å². The van der Waals surface area contributed by atoms with Gasteiger partial charge in [0.1, 0.15) is 5.75 Å². The first-order chi connectivity index (χ1) is 31.4. The molecule has 4 N–H and O–H groups in total. The topological polar surface area (TPSA) is 132 Å². The summed E-state index contributed by atoms with van der Waals surface area (Å²) in [6, 6.07) is 47.8. The molecule has 0 unspecified atom stereocenters. The molecule has 1 aromatic heterocycles. The molecular formula is C54H54ClN3O6Si. The average Bonchev–Trinajstić information content (AvgIpc) is 3.57. The number of aromatic hydroxyl groups is 1. The Morgan fingerprint density at radius 2 is 1.46 bits per heavy atom. The number of pyridine rings is 1. The van der Waals surface area contributed by atoms with Gasteiger partial charge < -0.3 is 25.1 Å². The second-order valence-electron chi connectivity index (χ2n) is 17.8. The predicted molar refractivity (Wildman–Crippen MR) is 262 cm³/mol. The summed E-state index contributed by atoms with van der Waals surface area (Å²) >= 11 is 6.58. The molecular weight excluding hydrogens is 850 g/mol. The van der Waals surface area contributed by atoms with E-state index in [0.717, 1.165) is 27.3 Å². The van der Waals surface area contributed by atoms with E-state index in [4.69, 9.17) is 16.0 Å². The number of hydrogen-bond acceptors (Lipinski definition) is 8. The second kappa shape index (κ2) is 19.5. The highest BCUT2D eigenvalue weighted by Crippen LogP contribution is 2.48. The Morgan fingerprint density at radius 3 is 2.05 bits per heavy atom. The summed E-state index contributed by atoms with van der Waals surface area (Å²) < 4.78 is 7.47. The van der Waals surface area contributed by atoms with E-state index in [9.17, 15) is 24.9 Å². The number of aliphatic hydroxyl groups is 2. The number of phenols is 1. The van der Waals surface area contributed by atoms with Gasteiger partial charge in [-0.3, -0.25) is 19.5 Å². The number of fused-ring (bicyclic) bond motifs is 1. The van der Waals surface area contributed by atoms with Gasteiger partial charge in [-0.15, -0.1) is 0 Å². The lowest BCUT2D eigenvalue weighted by Crippen LogP contribution is -2.66. The van der Waals surface area contributed by atoms with Gasteiger partial charge in [0.15, 0.2) is 0 Å². The van der Waals surface area contributed by atoms with E-state index in [0.29, 0.717) is 39.5 Å². The van der Waals surface area contributed by atoms with Crippen LogP contribution in [0.25, 0.3) is 11.6 Å². The highest BCUT2D eigenvalue weighted by Gasteiger charge is 2.56. The van der Waals surface area contributed by atoms with Gasteiger partial charge in [-0.1, -0.05) is 117 Å². The number of nitrogens with zero attached hydrogens (tertiary/aromatic N) is 2. The van der Waals surface area contributed by atoms with Crippen molar-refractivity contribution in [2.24, 2.45) is 17.8 Å². The summed E-state index contributed by atoms with van der Waals surface area (Å²) in [5, 5.41) is 39.6. The highest BCUT2D eigenvalue weighted by atomic mass is 35.5. The molecule has 1 aliphatic heterocycles. The molecule has 1 saturated heterocycles. The van der Waals surface area contributed by atoms with E-state index in [2.05, 4.69) is 55.3 Å². The number of para-hydroxylation sites is 1. The zero-order chi connectivity index (χ0) is 45.7. The lowest BCUT2D eigenvalue weighted by atomic mass is 9.68. The average molecular weight is 905 g/mol. The minimum absolute atomic E-state index is 0.0444. The van der Waals surface area contributed by atoms with Gasteiger partial charge in [0.2, 0.25) is 11.8 Å². The van der Waals surface area contributed by atoms with Gasteiger partial charge in [-0.05, 0) is 130 Å². The number of phenolic OH excluding ortho intramolecular Hbond substituents is 1. The highest BCUT2D eigenvalue weighted by molar-refractivity contribution is 6.99. The number of benzene rings is 5. The molecule has 0 bridgehead atoms. The number of amides is 2. The molecule has 2 aliphatic rings. The Labute approximate surface area is 386 Å².